The number of urea groups is 1. The molecule has 2 amide bonds. The van der Waals surface area contributed by atoms with Gasteiger partial charge in [-0.15, -0.1) is 0 Å². The molecule has 1 aromatic heterocycles. The first-order valence-corrected chi connectivity index (χ1v) is 17.1. The van der Waals surface area contributed by atoms with Crippen molar-refractivity contribution in [2.75, 3.05) is 17.2 Å². The van der Waals surface area contributed by atoms with E-state index in [2.05, 4.69) is 66.8 Å². The van der Waals surface area contributed by atoms with Gasteiger partial charge in [0.1, 0.15) is 5.75 Å². The number of hydrogen-bond acceptors (Lipinski definition) is 3. The van der Waals surface area contributed by atoms with Crippen LogP contribution in [0.3, 0.4) is 0 Å². The molecule has 5 nitrogen and oxygen atoms in total. The quantitative estimate of drug-likeness (QED) is 0.109. The molecule has 7 heteroatoms. The fourth-order valence-corrected chi connectivity index (χ4v) is 5.99. The molecule has 0 saturated heterocycles. The first kappa shape index (κ1) is 36.8. The summed E-state index contributed by atoms with van der Waals surface area (Å²) in [4.78, 5) is 13.0. The number of halogens is 1. The summed E-state index contributed by atoms with van der Waals surface area (Å²) < 4.78 is 8.45. The predicted molar refractivity (Wildman–Crippen MR) is 179 cm³/mol. The largest absolute Gasteiger partial charge is 1.00 e. The Balaban J connectivity index is 0.00000645. The molecule has 0 bridgehead atoms. The van der Waals surface area contributed by atoms with Crippen LogP contribution in [0, 0.1) is 6.92 Å². The number of amides is 2. The Kier molecular flexibility index (Phi) is 17.0. The summed E-state index contributed by atoms with van der Waals surface area (Å²) in [6, 6.07) is 13.7. The highest BCUT2D eigenvalue weighted by molar-refractivity contribution is 7.07. The van der Waals surface area contributed by atoms with Crippen molar-refractivity contribution in [2.24, 2.45) is 0 Å². The minimum atomic E-state index is -0.250. The Morgan fingerprint density at radius 3 is 2.09 bits per heavy atom. The Hall–Kier alpha value is -2.38. The molecule has 238 valence electrons. The zero-order valence-corrected chi connectivity index (χ0v) is 29.5. The number of rotatable bonds is 18. The van der Waals surface area contributed by atoms with Gasteiger partial charge >= 0.3 is 6.03 Å². The first-order valence-electron chi connectivity index (χ1n) is 16.1. The number of carbonyl (C=O) groups is 1. The predicted octanol–water partition coefficient (Wildman–Crippen LogP) is 7.42. The van der Waals surface area contributed by atoms with E-state index >= 15 is 0 Å². The van der Waals surface area contributed by atoms with Gasteiger partial charge < -0.3 is 32.4 Å². The van der Waals surface area contributed by atoms with Crippen molar-refractivity contribution in [2.45, 2.75) is 124 Å². The number of aryl methyl sites for hydroxylation is 1. The van der Waals surface area contributed by atoms with Crippen molar-refractivity contribution < 1.29 is 31.1 Å². The minimum absolute atomic E-state index is 0. The van der Waals surface area contributed by atoms with Crippen LogP contribution in [0.25, 0.3) is 0 Å². The lowest BCUT2D eigenvalue weighted by Crippen LogP contribution is -3.00. The highest BCUT2D eigenvalue weighted by Crippen LogP contribution is 2.34. The van der Waals surface area contributed by atoms with Crippen LogP contribution in [-0.2, 0) is 12.0 Å². The van der Waals surface area contributed by atoms with Gasteiger partial charge in [-0.25, -0.2) is 4.79 Å². The summed E-state index contributed by atoms with van der Waals surface area (Å²) in [5.41, 5.74) is 6.93. The number of nitrogens with zero attached hydrogens (tertiary/aromatic N) is 1. The van der Waals surface area contributed by atoms with E-state index in [9.17, 15) is 4.79 Å². The van der Waals surface area contributed by atoms with Crippen LogP contribution in [0.1, 0.15) is 122 Å². The van der Waals surface area contributed by atoms with Crippen molar-refractivity contribution in [1.82, 2.24) is 0 Å². The van der Waals surface area contributed by atoms with E-state index in [-0.39, 0.29) is 28.4 Å². The fourth-order valence-electron chi connectivity index (χ4n) is 5.21. The van der Waals surface area contributed by atoms with Gasteiger partial charge in [-0.05, 0) is 36.1 Å². The van der Waals surface area contributed by atoms with Gasteiger partial charge in [-0.2, -0.15) is 4.57 Å². The van der Waals surface area contributed by atoms with Crippen LogP contribution in [0.5, 0.6) is 5.75 Å². The lowest BCUT2D eigenvalue weighted by atomic mass is 9.86. The minimum Gasteiger partial charge on any atom is -1.00 e. The molecule has 0 aliphatic heterocycles. The van der Waals surface area contributed by atoms with E-state index in [0.29, 0.717) is 6.54 Å². The number of nitrogens with one attached hydrogen (secondary N) is 2. The second-order valence-electron chi connectivity index (χ2n) is 12.6. The molecule has 3 rings (SSSR count). The van der Waals surface area contributed by atoms with Gasteiger partial charge in [-0.3, -0.25) is 0 Å². The summed E-state index contributed by atoms with van der Waals surface area (Å²) in [6.45, 7) is 12.4. The number of carbonyl (C=O) groups excluding carboxylic acids is 1. The molecule has 3 aromatic rings. The highest BCUT2D eigenvalue weighted by atomic mass is 79.9. The average molecular weight is 673 g/mol. The summed E-state index contributed by atoms with van der Waals surface area (Å²) in [5.74, 6) is 0.907. The maximum absolute atomic E-state index is 13.0. The maximum atomic E-state index is 13.0. The van der Waals surface area contributed by atoms with Gasteiger partial charge in [0, 0.05) is 23.7 Å². The molecule has 0 atom stereocenters. The molecule has 0 aliphatic rings. The average Bonchev–Trinajstić information content (AvgIpc) is 3.36. The SMILES string of the molecule is CCCCCCCCCCCCCCOc1ccc(NC(=O)Nc2ccccc2C[n+]2cscc2C)cc1C(C)(C)C.[Br-]. The lowest BCUT2D eigenvalue weighted by Gasteiger charge is -2.24. The van der Waals surface area contributed by atoms with Crippen LogP contribution in [0.15, 0.2) is 53.4 Å². The van der Waals surface area contributed by atoms with Crippen LogP contribution in [0.2, 0.25) is 0 Å². The smallest absolute Gasteiger partial charge is 0.323 e. The zero-order chi connectivity index (χ0) is 30.2. The molecular weight excluding hydrogens is 618 g/mol. The molecule has 0 radical (unpaired) electrons. The second kappa shape index (κ2) is 19.8. The summed E-state index contributed by atoms with van der Waals surface area (Å²) in [5, 5.41) is 8.21. The topological polar surface area (TPSA) is 54.2 Å². The van der Waals surface area contributed by atoms with E-state index < -0.39 is 0 Å². The van der Waals surface area contributed by atoms with Crippen molar-refractivity contribution in [3.63, 3.8) is 0 Å². The van der Waals surface area contributed by atoms with Crippen LogP contribution in [0.4, 0.5) is 16.2 Å². The third-order valence-corrected chi connectivity index (χ3v) is 8.64. The summed E-state index contributed by atoms with van der Waals surface area (Å²) in [6.07, 6.45) is 16.0. The molecule has 43 heavy (non-hydrogen) atoms. The standard InChI is InChI=1S/C36H53N3O2S.BrH/c1-6-7-8-9-10-11-12-13-14-15-16-19-24-41-34-23-22-31(25-32(34)36(3,4)5)37-35(40)38-33-21-18-17-20-30(33)26-39-28-42-27-29(39)2;/h17-18,20-23,25,27-28H,6-16,19,24,26H2,1-5H3,(H-,37,38,40);1H. The Labute approximate surface area is 275 Å². The van der Waals surface area contributed by atoms with Crippen molar-refractivity contribution >= 4 is 28.7 Å². The monoisotopic (exact) mass is 671 g/mol. The number of unbranched alkanes of at least 4 members (excludes halogenated alkanes) is 11. The van der Waals surface area contributed by atoms with Gasteiger partial charge in [0.25, 0.3) is 0 Å². The molecular formula is C36H54BrN3O2S. The Bertz CT molecular complexity index is 1220. The fraction of sp³-hybridized carbons (Fsp3) is 0.556. The maximum Gasteiger partial charge on any atom is 0.323 e. The number of aromatic nitrogens is 1. The van der Waals surface area contributed by atoms with E-state index in [1.54, 1.807) is 11.3 Å². The van der Waals surface area contributed by atoms with Crippen LogP contribution >= 0.6 is 11.3 Å². The molecule has 0 fully saturated rings. The van der Waals surface area contributed by atoms with E-state index in [1.807, 2.05) is 36.4 Å². The Morgan fingerprint density at radius 1 is 0.860 bits per heavy atom. The van der Waals surface area contributed by atoms with E-state index in [1.165, 1.54) is 76.3 Å². The number of benzene rings is 2. The number of para-hydroxylation sites is 1. The molecule has 0 aliphatic carbocycles. The Morgan fingerprint density at radius 2 is 1.49 bits per heavy atom. The van der Waals surface area contributed by atoms with Crippen LogP contribution in [-0.4, -0.2) is 12.6 Å². The van der Waals surface area contributed by atoms with Crippen molar-refractivity contribution in [3.8, 4) is 5.75 Å². The molecule has 1 heterocycles. The van der Waals surface area contributed by atoms with E-state index in [0.717, 1.165) is 41.3 Å². The lowest BCUT2D eigenvalue weighted by molar-refractivity contribution is -0.689. The first-order chi connectivity index (χ1) is 20.3. The number of anilines is 2. The van der Waals surface area contributed by atoms with Gasteiger partial charge in [-0.1, -0.05) is 128 Å². The van der Waals surface area contributed by atoms with Gasteiger partial charge in [0.15, 0.2) is 12.2 Å². The third kappa shape index (κ3) is 13.4. The normalized spacial score (nSPS) is 11.2. The third-order valence-electron chi connectivity index (χ3n) is 7.79. The van der Waals surface area contributed by atoms with Gasteiger partial charge in [0.05, 0.1) is 17.7 Å². The molecule has 2 aromatic carbocycles. The second-order valence-corrected chi connectivity index (χ2v) is 13.3. The summed E-state index contributed by atoms with van der Waals surface area (Å²) >= 11 is 1.68. The number of ether oxygens (including phenoxy) is 1. The number of hydrogen-bond donors (Lipinski definition) is 2. The molecule has 2 N–H and O–H groups in total. The van der Waals surface area contributed by atoms with Crippen molar-refractivity contribution in [3.05, 3.63) is 70.2 Å². The van der Waals surface area contributed by atoms with Crippen LogP contribution < -0.4 is 36.9 Å². The molecule has 0 unspecified atom stereocenters. The van der Waals surface area contributed by atoms with E-state index in [4.69, 9.17) is 4.74 Å². The molecule has 0 spiro atoms. The highest BCUT2D eigenvalue weighted by Gasteiger charge is 2.20. The van der Waals surface area contributed by atoms with Crippen molar-refractivity contribution in [1.29, 1.82) is 0 Å². The van der Waals surface area contributed by atoms with Gasteiger partial charge in [0.2, 0.25) is 5.51 Å². The molecule has 0 saturated carbocycles. The number of thiazole rings is 1. The zero-order valence-electron chi connectivity index (χ0n) is 27.1. The summed E-state index contributed by atoms with van der Waals surface area (Å²) in [7, 11) is 0.